The molecule has 114 valence electrons. The first-order valence-electron chi connectivity index (χ1n) is 7.76. The molecule has 1 aliphatic rings. The van der Waals surface area contributed by atoms with Gasteiger partial charge in [-0.15, -0.1) is 0 Å². The van der Waals surface area contributed by atoms with Gasteiger partial charge in [-0.05, 0) is 25.8 Å². The van der Waals surface area contributed by atoms with Gasteiger partial charge in [-0.1, -0.05) is 20.8 Å². The smallest absolute Gasteiger partial charge is 0.0558 e. The third-order valence-corrected chi connectivity index (χ3v) is 3.80. The summed E-state index contributed by atoms with van der Waals surface area (Å²) in [5, 5.41) is 12.8. The number of aliphatic hydroxyl groups excluding tert-OH is 1. The second-order valence-electron chi connectivity index (χ2n) is 6.19. The summed E-state index contributed by atoms with van der Waals surface area (Å²) in [4.78, 5) is 2.39. The highest BCUT2D eigenvalue weighted by atomic mass is 16.5. The van der Waals surface area contributed by atoms with Crippen LogP contribution in [-0.4, -0.2) is 62.0 Å². The Morgan fingerprint density at radius 2 is 2.16 bits per heavy atom. The fraction of sp³-hybridized carbons (Fsp3) is 1.00. The van der Waals surface area contributed by atoms with E-state index in [0.717, 1.165) is 52.2 Å². The van der Waals surface area contributed by atoms with Crippen molar-refractivity contribution in [2.24, 2.45) is 5.41 Å². The molecular formula is C15H32N2O2. The highest BCUT2D eigenvalue weighted by molar-refractivity contribution is 4.87. The van der Waals surface area contributed by atoms with Crippen LogP contribution in [0.1, 0.15) is 40.0 Å². The van der Waals surface area contributed by atoms with E-state index in [1.54, 1.807) is 0 Å². The third kappa shape index (κ3) is 6.21. The molecule has 0 amide bonds. The van der Waals surface area contributed by atoms with E-state index in [-0.39, 0.29) is 12.0 Å². The van der Waals surface area contributed by atoms with Crippen LogP contribution in [0.5, 0.6) is 0 Å². The standard InChI is InChI=1S/C15H32N2O2/c1-4-7-17(8-9-18)12-15(11-16-14(2)3)6-5-10-19-13-15/h14,16,18H,4-13H2,1-3H3. The lowest BCUT2D eigenvalue weighted by Gasteiger charge is -2.41. The van der Waals surface area contributed by atoms with Crippen LogP contribution in [0.4, 0.5) is 0 Å². The quantitative estimate of drug-likeness (QED) is 0.667. The van der Waals surface area contributed by atoms with E-state index < -0.39 is 0 Å². The lowest BCUT2D eigenvalue weighted by atomic mass is 9.81. The van der Waals surface area contributed by atoms with Crippen LogP contribution < -0.4 is 5.32 Å². The summed E-state index contributed by atoms with van der Waals surface area (Å²) >= 11 is 0. The molecule has 0 saturated carbocycles. The molecule has 0 aromatic rings. The molecule has 1 saturated heterocycles. The van der Waals surface area contributed by atoms with Gasteiger partial charge in [-0.3, -0.25) is 0 Å². The molecule has 19 heavy (non-hydrogen) atoms. The van der Waals surface area contributed by atoms with Gasteiger partial charge in [-0.2, -0.15) is 0 Å². The van der Waals surface area contributed by atoms with Gasteiger partial charge in [0.15, 0.2) is 0 Å². The van der Waals surface area contributed by atoms with E-state index in [1.807, 2.05) is 0 Å². The normalized spacial score (nSPS) is 24.3. The Balaban J connectivity index is 2.60. The molecule has 0 radical (unpaired) electrons. The molecule has 0 aromatic heterocycles. The first-order chi connectivity index (χ1) is 9.12. The van der Waals surface area contributed by atoms with Crippen LogP contribution in [0, 0.1) is 5.41 Å². The number of nitrogens with one attached hydrogen (secondary N) is 1. The van der Waals surface area contributed by atoms with Gasteiger partial charge in [0.1, 0.15) is 0 Å². The minimum Gasteiger partial charge on any atom is -0.395 e. The Bertz CT molecular complexity index is 222. The Labute approximate surface area is 118 Å². The zero-order valence-corrected chi connectivity index (χ0v) is 13.0. The van der Waals surface area contributed by atoms with Gasteiger partial charge in [0, 0.05) is 37.7 Å². The van der Waals surface area contributed by atoms with Crippen molar-refractivity contribution in [1.82, 2.24) is 10.2 Å². The number of aliphatic hydroxyl groups is 1. The van der Waals surface area contributed by atoms with Gasteiger partial charge in [0.25, 0.3) is 0 Å². The van der Waals surface area contributed by atoms with Gasteiger partial charge in [0.05, 0.1) is 13.2 Å². The van der Waals surface area contributed by atoms with E-state index in [0.29, 0.717) is 6.04 Å². The molecule has 1 atom stereocenters. The Hall–Kier alpha value is -0.160. The van der Waals surface area contributed by atoms with Crippen molar-refractivity contribution in [3.8, 4) is 0 Å². The molecule has 4 heteroatoms. The molecule has 2 N–H and O–H groups in total. The number of ether oxygens (including phenoxy) is 1. The molecule has 1 unspecified atom stereocenters. The van der Waals surface area contributed by atoms with Crippen molar-refractivity contribution < 1.29 is 9.84 Å². The average Bonchev–Trinajstić information content (AvgIpc) is 2.38. The van der Waals surface area contributed by atoms with Crippen molar-refractivity contribution in [3.05, 3.63) is 0 Å². The number of hydrogen-bond acceptors (Lipinski definition) is 4. The average molecular weight is 272 g/mol. The SMILES string of the molecule is CCCN(CCO)CC1(CNC(C)C)CCCOC1. The molecule has 1 aliphatic heterocycles. The van der Waals surface area contributed by atoms with E-state index in [1.165, 1.54) is 6.42 Å². The van der Waals surface area contributed by atoms with Gasteiger partial charge >= 0.3 is 0 Å². The van der Waals surface area contributed by atoms with Crippen LogP contribution in [0.2, 0.25) is 0 Å². The van der Waals surface area contributed by atoms with Crippen LogP contribution >= 0.6 is 0 Å². The minimum absolute atomic E-state index is 0.215. The topological polar surface area (TPSA) is 44.7 Å². The van der Waals surface area contributed by atoms with Crippen molar-refractivity contribution >= 4 is 0 Å². The van der Waals surface area contributed by atoms with Gasteiger partial charge in [0.2, 0.25) is 0 Å². The Morgan fingerprint density at radius 1 is 1.37 bits per heavy atom. The highest BCUT2D eigenvalue weighted by Gasteiger charge is 2.34. The molecule has 0 aromatic carbocycles. The zero-order valence-electron chi connectivity index (χ0n) is 13.0. The van der Waals surface area contributed by atoms with Crippen LogP contribution in [0.15, 0.2) is 0 Å². The second kappa shape index (κ2) is 8.90. The molecule has 0 aliphatic carbocycles. The van der Waals surface area contributed by atoms with Gasteiger partial charge < -0.3 is 20.1 Å². The molecule has 4 nitrogen and oxygen atoms in total. The van der Waals surface area contributed by atoms with Crippen molar-refractivity contribution in [2.75, 3.05) is 46.0 Å². The number of hydrogen-bond donors (Lipinski definition) is 2. The highest BCUT2D eigenvalue weighted by Crippen LogP contribution is 2.29. The molecular weight excluding hydrogens is 240 g/mol. The summed E-state index contributed by atoms with van der Waals surface area (Å²) in [6.07, 6.45) is 3.51. The first kappa shape index (κ1) is 16.9. The Morgan fingerprint density at radius 3 is 2.68 bits per heavy atom. The van der Waals surface area contributed by atoms with Gasteiger partial charge in [-0.25, -0.2) is 0 Å². The first-order valence-corrected chi connectivity index (χ1v) is 7.76. The second-order valence-corrected chi connectivity index (χ2v) is 6.19. The van der Waals surface area contributed by atoms with E-state index in [2.05, 4.69) is 31.0 Å². The van der Waals surface area contributed by atoms with E-state index in [9.17, 15) is 5.11 Å². The minimum atomic E-state index is 0.215. The maximum absolute atomic E-state index is 9.21. The largest absolute Gasteiger partial charge is 0.395 e. The van der Waals surface area contributed by atoms with Crippen molar-refractivity contribution in [1.29, 1.82) is 0 Å². The monoisotopic (exact) mass is 272 g/mol. The van der Waals surface area contributed by atoms with E-state index >= 15 is 0 Å². The maximum Gasteiger partial charge on any atom is 0.0558 e. The molecule has 1 fully saturated rings. The van der Waals surface area contributed by atoms with Crippen molar-refractivity contribution in [2.45, 2.75) is 46.1 Å². The van der Waals surface area contributed by atoms with E-state index in [4.69, 9.17) is 4.74 Å². The van der Waals surface area contributed by atoms with Crippen LogP contribution in [-0.2, 0) is 4.74 Å². The molecule has 1 heterocycles. The summed E-state index contributed by atoms with van der Waals surface area (Å²) in [5.74, 6) is 0. The summed E-state index contributed by atoms with van der Waals surface area (Å²) in [6.45, 7) is 12.4. The lowest BCUT2D eigenvalue weighted by Crippen LogP contribution is -2.50. The summed E-state index contributed by atoms with van der Waals surface area (Å²) < 4.78 is 5.75. The lowest BCUT2D eigenvalue weighted by molar-refractivity contribution is -0.0288. The molecule has 1 rings (SSSR count). The Kier molecular flexibility index (Phi) is 7.91. The predicted octanol–water partition coefficient (Wildman–Crippen LogP) is 1.49. The summed E-state index contributed by atoms with van der Waals surface area (Å²) in [6, 6.07) is 0.510. The summed E-state index contributed by atoms with van der Waals surface area (Å²) in [7, 11) is 0. The number of nitrogens with zero attached hydrogens (tertiary/aromatic N) is 1. The van der Waals surface area contributed by atoms with Crippen LogP contribution in [0.25, 0.3) is 0 Å². The molecule has 0 spiro atoms. The fourth-order valence-electron chi connectivity index (χ4n) is 2.85. The summed E-state index contributed by atoms with van der Waals surface area (Å²) in [5.41, 5.74) is 0.215. The fourth-order valence-corrected chi connectivity index (χ4v) is 2.85. The third-order valence-electron chi connectivity index (χ3n) is 3.80. The van der Waals surface area contributed by atoms with Crippen LogP contribution in [0.3, 0.4) is 0 Å². The maximum atomic E-state index is 9.21. The molecule has 0 bridgehead atoms. The van der Waals surface area contributed by atoms with Crippen molar-refractivity contribution in [3.63, 3.8) is 0 Å². The zero-order chi connectivity index (χ0) is 14.1. The number of rotatable bonds is 9. The predicted molar refractivity (Wildman–Crippen MR) is 79.4 cm³/mol.